The summed E-state index contributed by atoms with van der Waals surface area (Å²) < 4.78 is 0. The maximum atomic E-state index is 12.0. The van der Waals surface area contributed by atoms with E-state index in [4.69, 9.17) is 0 Å². The van der Waals surface area contributed by atoms with Crippen molar-refractivity contribution in [1.29, 1.82) is 0 Å². The monoisotopic (exact) mass is 324 g/mol. The van der Waals surface area contributed by atoms with Crippen LogP contribution in [0.1, 0.15) is 18.1 Å². The van der Waals surface area contributed by atoms with Gasteiger partial charge in [0.15, 0.2) is 0 Å². The summed E-state index contributed by atoms with van der Waals surface area (Å²) in [6.07, 6.45) is 0.811. The molecule has 0 unspecified atom stereocenters. The van der Waals surface area contributed by atoms with Crippen LogP contribution in [0.4, 0.5) is 0 Å². The van der Waals surface area contributed by atoms with Gasteiger partial charge in [-0.3, -0.25) is 9.69 Å². The molecular formula is C20H24N2O2. The topological polar surface area (TPSA) is 43.8 Å². The van der Waals surface area contributed by atoms with Crippen molar-refractivity contribution in [3.8, 4) is 5.75 Å². The van der Waals surface area contributed by atoms with Crippen LogP contribution in [0.5, 0.6) is 5.75 Å². The van der Waals surface area contributed by atoms with Crippen LogP contribution in [0.25, 0.3) is 0 Å². The van der Waals surface area contributed by atoms with E-state index in [0.29, 0.717) is 0 Å². The van der Waals surface area contributed by atoms with Crippen LogP contribution in [-0.2, 0) is 17.8 Å². The van der Waals surface area contributed by atoms with Gasteiger partial charge in [-0.05, 0) is 29.7 Å². The second-order valence-electron chi connectivity index (χ2n) is 6.46. The lowest BCUT2D eigenvalue weighted by Crippen LogP contribution is -2.55. The van der Waals surface area contributed by atoms with Gasteiger partial charge in [0.25, 0.3) is 0 Å². The van der Waals surface area contributed by atoms with Gasteiger partial charge in [-0.25, -0.2) is 0 Å². The highest BCUT2D eigenvalue weighted by Crippen LogP contribution is 2.19. The lowest BCUT2D eigenvalue weighted by molar-refractivity contribution is -0.133. The van der Waals surface area contributed by atoms with Crippen molar-refractivity contribution >= 4 is 5.91 Å². The molecule has 1 fully saturated rings. The van der Waals surface area contributed by atoms with E-state index in [2.05, 4.69) is 29.2 Å². The number of phenolic OH excluding ortho intramolecular Hbond substituents is 1. The number of rotatable bonds is 4. The molecule has 2 aromatic carbocycles. The number of benzene rings is 2. The van der Waals surface area contributed by atoms with E-state index in [9.17, 15) is 9.90 Å². The third-order valence-electron chi connectivity index (χ3n) is 4.63. The molecular weight excluding hydrogens is 300 g/mol. The number of nitrogens with zero attached hydrogens (tertiary/aromatic N) is 2. The van der Waals surface area contributed by atoms with E-state index in [1.807, 2.05) is 23.1 Å². The van der Waals surface area contributed by atoms with Crippen molar-refractivity contribution in [2.45, 2.75) is 25.9 Å². The summed E-state index contributed by atoms with van der Waals surface area (Å²) in [5, 5.41) is 9.44. The largest absolute Gasteiger partial charge is 0.508 e. The molecule has 0 spiro atoms. The molecule has 0 saturated carbocycles. The summed E-state index contributed by atoms with van der Waals surface area (Å²) in [6.45, 7) is 5.11. The first kappa shape index (κ1) is 16.5. The quantitative estimate of drug-likeness (QED) is 0.940. The van der Waals surface area contributed by atoms with Crippen molar-refractivity contribution in [3.05, 3.63) is 65.7 Å². The summed E-state index contributed by atoms with van der Waals surface area (Å²) in [5.41, 5.74) is 2.45. The predicted molar refractivity (Wildman–Crippen MR) is 94.7 cm³/mol. The minimum Gasteiger partial charge on any atom is -0.508 e. The van der Waals surface area contributed by atoms with E-state index in [1.54, 1.807) is 19.1 Å². The zero-order valence-corrected chi connectivity index (χ0v) is 14.1. The highest BCUT2D eigenvalue weighted by molar-refractivity contribution is 5.73. The number of hydrogen-bond donors (Lipinski definition) is 1. The molecule has 1 heterocycles. The molecule has 1 aliphatic rings. The Balaban J connectivity index is 1.69. The molecule has 4 heteroatoms. The van der Waals surface area contributed by atoms with Crippen LogP contribution in [-0.4, -0.2) is 46.5 Å². The van der Waals surface area contributed by atoms with Gasteiger partial charge in [-0.2, -0.15) is 0 Å². The van der Waals surface area contributed by atoms with Crippen LogP contribution in [0.15, 0.2) is 54.6 Å². The lowest BCUT2D eigenvalue weighted by atomic mass is 10.0. The molecule has 0 aromatic heterocycles. The van der Waals surface area contributed by atoms with Crippen LogP contribution < -0.4 is 0 Å². The first-order valence-corrected chi connectivity index (χ1v) is 8.43. The summed E-state index contributed by atoms with van der Waals surface area (Å²) in [6, 6.07) is 17.9. The SMILES string of the molecule is CC(=O)N1CCN(Cc2ccccc2)C[C@H]1Cc1ccc(O)cc1. The Morgan fingerprint density at radius 1 is 1.04 bits per heavy atom. The molecule has 24 heavy (non-hydrogen) atoms. The molecule has 0 radical (unpaired) electrons. The molecule has 1 amide bonds. The van der Waals surface area contributed by atoms with Gasteiger partial charge in [0, 0.05) is 39.1 Å². The summed E-state index contributed by atoms with van der Waals surface area (Å²) >= 11 is 0. The van der Waals surface area contributed by atoms with Crippen LogP contribution >= 0.6 is 0 Å². The fraction of sp³-hybridized carbons (Fsp3) is 0.350. The van der Waals surface area contributed by atoms with Gasteiger partial charge < -0.3 is 10.0 Å². The van der Waals surface area contributed by atoms with Crippen molar-refractivity contribution in [3.63, 3.8) is 0 Å². The average molecular weight is 324 g/mol. The Morgan fingerprint density at radius 2 is 1.75 bits per heavy atom. The van der Waals surface area contributed by atoms with Gasteiger partial charge >= 0.3 is 0 Å². The van der Waals surface area contributed by atoms with Crippen molar-refractivity contribution in [2.75, 3.05) is 19.6 Å². The van der Waals surface area contributed by atoms with Gasteiger partial charge in [-0.1, -0.05) is 42.5 Å². The molecule has 2 aromatic rings. The second-order valence-corrected chi connectivity index (χ2v) is 6.46. The Labute approximate surface area is 143 Å². The first-order valence-electron chi connectivity index (χ1n) is 8.43. The van der Waals surface area contributed by atoms with Crippen molar-refractivity contribution in [1.82, 2.24) is 9.80 Å². The maximum Gasteiger partial charge on any atom is 0.219 e. The summed E-state index contributed by atoms with van der Waals surface area (Å²) in [7, 11) is 0. The Bertz CT molecular complexity index is 670. The zero-order chi connectivity index (χ0) is 16.9. The highest BCUT2D eigenvalue weighted by atomic mass is 16.3. The van der Waals surface area contributed by atoms with Gasteiger partial charge in [0.05, 0.1) is 0 Å². The van der Waals surface area contributed by atoms with Crippen molar-refractivity contribution < 1.29 is 9.90 Å². The Hall–Kier alpha value is -2.33. The number of phenols is 1. The van der Waals surface area contributed by atoms with E-state index >= 15 is 0 Å². The molecule has 126 valence electrons. The highest BCUT2D eigenvalue weighted by Gasteiger charge is 2.28. The molecule has 0 aliphatic carbocycles. The fourth-order valence-corrected chi connectivity index (χ4v) is 3.40. The van der Waals surface area contributed by atoms with Gasteiger partial charge in [0.1, 0.15) is 5.75 Å². The molecule has 3 rings (SSSR count). The van der Waals surface area contributed by atoms with E-state index in [0.717, 1.165) is 38.2 Å². The maximum absolute atomic E-state index is 12.0. The van der Waals surface area contributed by atoms with Gasteiger partial charge in [-0.15, -0.1) is 0 Å². The number of amides is 1. The number of piperazine rings is 1. The third-order valence-corrected chi connectivity index (χ3v) is 4.63. The molecule has 0 bridgehead atoms. The third kappa shape index (κ3) is 4.15. The number of carbonyl (C=O) groups is 1. The summed E-state index contributed by atoms with van der Waals surface area (Å²) in [5.74, 6) is 0.412. The molecule has 1 saturated heterocycles. The minimum atomic E-state index is 0.137. The molecule has 1 atom stereocenters. The Morgan fingerprint density at radius 3 is 2.42 bits per heavy atom. The normalized spacial score (nSPS) is 18.5. The number of aromatic hydroxyl groups is 1. The molecule has 1 aliphatic heterocycles. The number of hydrogen-bond acceptors (Lipinski definition) is 3. The number of carbonyl (C=O) groups excluding carboxylic acids is 1. The molecule has 4 nitrogen and oxygen atoms in total. The first-order chi connectivity index (χ1) is 11.6. The minimum absolute atomic E-state index is 0.137. The fourth-order valence-electron chi connectivity index (χ4n) is 3.40. The van der Waals surface area contributed by atoms with Crippen LogP contribution in [0, 0.1) is 0 Å². The predicted octanol–water partition coefficient (Wildman–Crippen LogP) is 2.67. The van der Waals surface area contributed by atoms with E-state index in [1.165, 1.54) is 5.56 Å². The smallest absolute Gasteiger partial charge is 0.219 e. The Kier molecular flexibility index (Phi) is 5.16. The second kappa shape index (κ2) is 7.49. The molecule has 1 N–H and O–H groups in total. The van der Waals surface area contributed by atoms with Crippen molar-refractivity contribution in [2.24, 2.45) is 0 Å². The zero-order valence-electron chi connectivity index (χ0n) is 14.1. The van der Waals surface area contributed by atoms with Crippen LogP contribution in [0.3, 0.4) is 0 Å². The lowest BCUT2D eigenvalue weighted by Gasteiger charge is -2.41. The standard InChI is InChI=1S/C20H24N2O2/c1-16(23)22-12-11-21(14-18-5-3-2-4-6-18)15-19(22)13-17-7-9-20(24)10-8-17/h2-10,19,24H,11-15H2,1H3/t19-/m1/s1. The summed E-state index contributed by atoms with van der Waals surface area (Å²) in [4.78, 5) is 16.4. The van der Waals surface area contributed by atoms with Gasteiger partial charge in [0.2, 0.25) is 5.91 Å². The average Bonchev–Trinajstić information content (AvgIpc) is 2.58. The van der Waals surface area contributed by atoms with E-state index < -0.39 is 0 Å². The van der Waals surface area contributed by atoms with Crippen LogP contribution in [0.2, 0.25) is 0 Å². The van der Waals surface area contributed by atoms with E-state index in [-0.39, 0.29) is 17.7 Å².